The fourth-order valence-corrected chi connectivity index (χ4v) is 2.73. The van der Waals surface area contributed by atoms with E-state index < -0.39 is 6.09 Å². The summed E-state index contributed by atoms with van der Waals surface area (Å²) in [7, 11) is 1.57. The van der Waals surface area contributed by atoms with Gasteiger partial charge in [-0.15, -0.1) is 0 Å². The largest absolute Gasteiger partial charge is 0.494 e. The van der Waals surface area contributed by atoms with Crippen LogP contribution in [0.5, 0.6) is 5.75 Å². The fourth-order valence-electron chi connectivity index (χ4n) is 2.73. The SMILES string of the molecule is COc1c(N)ccc2c1CCCC(=O)N2CCCNC(=O)O. The summed E-state index contributed by atoms with van der Waals surface area (Å²) >= 11 is 0. The summed E-state index contributed by atoms with van der Waals surface area (Å²) < 4.78 is 5.39. The Hall–Kier alpha value is -2.44. The molecule has 0 unspecified atom stereocenters. The summed E-state index contributed by atoms with van der Waals surface area (Å²) in [5, 5.41) is 10.9. The quantitative estimate of drug-likeness (QED) is 0.566. The highest BCUT2D eigenvalue weighted by molar-refractivity contribution is 5.96. The Labute approximate surface area is 129 Å². The molecule has 2 amide bonds. The smallest absolute Gasteiger partial charge is 0.404 e. The van der Waals surface area contributed by atoms with Gasteiger partial charge < -0.3 is 25.8 Å². The summed E-state index contributed by atoms with van der Waals surface area (Å²) in [5.41, 5.74) is 8.25. The van der Waals surface area contributed by atoms with E-state index in [2.05, 4.69) is 5.32 Å². The van der Waals surface area contributed by atoms with Crippen LogP contribution in [-0.2, 0) is 11.2 Å². The van der Waals surface area contributed by atoms with Crippen LogP contribution in [-0.4, -0.2) is 37.3 Å². The highest BCUT2D eigenvalue weighted by Crippen LogP contribution is 2.37. The molecule has 0 bridgehead atoms. The number of nitrogens with one attached hydrogen (secondary N) is 1. The number of fused-ring (bicyclic) bond motifs is 1. The number of carboxylic acid groups (broad SMARTS) is 1. The van der Waals surface area contributed by atoms with E-state index >= 15 is 0 Å². The van der Waals surface area contributed by atoms with Gasteiger partial charge >= 0.3 is 6.09 Å². The maximum absolute atomic E-state index is 12.3. The van der Waals surface area contributed by atoms with E-state index in [1.165, 1.54) is 0 Å². The minimum absolute atomic E-state index is 0.0425. The number of carbonyl (C=O) groups is 2. The molecule has 0 spiro atoms. The number of amides is 2. The predicted molar refractivity (Wildman–Crippen MR) is 83.3 cm³/mol. The number of carbonyl (C=O) groups excluding carboxylic acids is 1. The molecule has 1 aromatic rings. The molecule has 22 heavy (non-hydrogen) atoms. The van der Waals surface area contributed by atoms with Crippen molar-refractivity contribution in [1.29, 1.82) is 0 Å². The van der Waals surface area contributed by atoms with Crippen molar-refractivity contribution in [3.05, 3.63) is 17.7 Å². The van der Waals surface area contributed by atoms with Crippen molar-refractivity contribution in [2.24, 2.45) is 0 Å². The molecule has 0 aromatic heterocycles. The van der Waals surface area contributed by atoms with Crippen molar-refractivity contribution in [2.75, 3.05) is 30.8 Å². The zero-order valence-corrected chi connectivity index (χ0v) is 12.6. The maximum Gasteiger partial charge on any atom is 0.404 e. The van der Waals surface area contributed by atoms with Crippen molar-refractivity contribution < 1.29 is 19.4 Å². The number of methoxy groups -OCH3 is 1. The van der Waals surface area contributed by atoms with Gasteiger partial charge in [-0.2, -0.15) is 0 Å². The lowest BCUT2D eigenvalue weighted by molar-refractivity contribution is -0.118. The van der Waals surface area contributed by atoms with Crippen molar-refractivity contribution in [1.82, 2.24) is 5.32 Å². The molecular weight excluding hydrogens is 286 g/mol. The van der Waals surface area contributed by atoms with Gasteiger partial charge in [0.25, 0.3) is 0 Å². The first kappa shape index (κ1) is 15.9. The van der Waals surface area contributed by atoms with Crippen LogP contribution >= 0.6 is 0 Å². The Kier molecular flexibility index (Phi) is 5.08. The molecule has 0 atom stereocenters. The van der Waals surface area contributed by atoms with Gasteiger partial charge in [-0.25, -0.2) is 4.79 Å². The molecule has 0 radical (unpaired) electrons. The van der Waals surface area contributed by atoms with Gasteiger partial charge in [0.2, 0.25) is 5.91 Å². The van der Waals surface area contributed by atoms with E-state index in [0.29, 0.717) is 37.4 Å². The van der Waals surface area contributed by atoms with Gasteiger partial charge in [0.1, 0.15) is 5.75 Å². The molecule has 0 fully saturated rings. The van der Waals surface area contributed by atoms with Crippen molar-refractivity contribution in [2.45, 2.75) is 25.7 Å². The van der Waals surface area contributed by atoms with Gasteiger partial charge in [-0.05, 0) is 31.4 Å². The molecule has 0 aliphatic carbocycles. The van der Waals surface area contributed by atoms with Crippen LogP contribution in [0.2, 0.25) is 0 Å². The number of anilines is 2. The number of nitrogen functional groups attached to an aromatic ring is 1. The van der Waals surface area contributed by atoms with Crippen LogP contribution < -0.4 is 20.7 Å². The minimum atomic E-state index is -1.06. The van der Waals surface area contributed by atoms with E-state index in [9.17, 15) is 9.59 Å². The normalized spacial score (nSPS) is 14.2. The van der Waals surface area contributed by atoms with Gasteiger partial charge in [0, 0.05) is 25.1 Å². The van der Waals surface area contributed by atoms with Gasteiger partial charge in [-0.3, -0.25) is 4.79 Å². The second-order valence-corrected chi connectivity index (χ2v) is 5.17. The minimum Gasteiger partial charge on any atom is -0.494 e. The number of ether oxygens (including phenoxy) is 1. The third kappa shape index (κ3) is 3.41. The second-order valence-electron chi connectivity index (χ2n) is 5.17. The first-order valence-corrected chi connectivity index (χ1v) is 7.27. The van der Waals surface area contributed by atoms with E-state index in [1.54, 1.807) is 18.1 Å². The van der Waals surface area contributed by atoms with Crippen LogP contribution in [0.15, 0.2) is 12.1 Å². The molecule has 1 aliphatic rings. The third-order valence-electron chi connectivity index (χ3n) is 3.71. The number of nitrogens with two attached hydrogens (primary N) is 1. The lowest BCUT2D eigenvalue weighted by Gasteiger charge is -2.24. The van der Waals surface area contributed by atoms with Crippen LogP contribution in [0, 0.1) is 0 Å². The lowest BCUT2D eigenvalue weighted by atomic mass is 10.0. The van der Waals surface area contributed by atoms with Gasteiger partial charge in [0.15, 0.2) is 0 Å². The molecule has 1 aliphatic heterocycles. The van der Waals surface area contributed by atoms with E-state index in [1.807, 2.05) is 6.07 Å². The van der Waals surface area contributed by atoms with Crippen molar-refractivity contribution in [3.63, 3.8) is 0 Å². The van der Waals surface area contributed by atoms with E-state index in [0.717, 1.165) is 24.1 Å². The molecule has 4 N–H and O–H groups in total. The predicted octanol–water partition coefficient (Wildman–Crippen LogP) is 1.60. The van der Waals surface area contributed by atoms with Crippen molar-refractivity contribution >= 4 is 23.4 Å². The summed E-state index contributed by atoms with van der Waals surface area (Å²) in [6, 6.07) is 3.57. The molecule has 2 rings (SSSR count). The maximum atomic E-state index is 12.3. The number of hydrogen-bond donors (Lipinski definition) is 3. The second kappa shape index (κ2) is 7.02. The number of nitrogens with zero attached hydrogens (tertiary/aromatic N) is 1. The topological polar surface area (TPSA) is 105 Å². The van der Waals surface area contributed by atoms with Gasteiger partial charge in [0.05, 0.1) is 18.5 Å². The molecule has 1 aromatic carbocycles. The summed E-state index contributed by atoms with van der Waals surface area (Å²) in [5.74, 6) is 0.668. The lowest BCUT2D eigenvalue weighted by Crippen LogP contribution is -2.33. The zero-order valence-electron chi connectivity index (χ0n) is 12.6. The molecule has 0 saturated carbocycles. The van der Waals surface area contributed by atoms with E-state index in [-0.39, 0.29) is 5.91 Å². The fraction of sp³-hybridized carbons (Fsp3) is 0.467. The van der Waals surface area contributed by atoms with Crippen molar-refractivity contribution in [3.8, 4) is 5.75 Å². The Morgan fingerprint density at radius 2 is 2.23 bits per heavy atom. The number of hydrogen-bond acceptors (Lipinski definition) is 4. The third-order valence-corrected chi connectivity index (χ3v) is 3.71. The first-order chi connectivity index (χ1) is 10.5. The Balaban J connectivity index is 2.22. The molecule has 0 saturated heterocycles. The molecule has 7 heteroatoms. The molecule has 1 heterocycles. The Morgan fingerprint density at radius 1 is 1.45 bits per heavy atom. The van der Waals surface area contributed by atoms with Crippen LogP contribution in [0.25, 0.3) is 0 Å². The standard InChI is InChI=1S/C15H21N3O4/c1-22-14-10-4-2-5-13(19)18(9-3-8-17-15(20)21)12(10)7-6-11(14)16/h6-7,17H,2-5,8-9,16H2,1H3,(H,20,21). The van der Waals surface area contributed by atoms with Crippen LogP contribution in [0.1, 0.15) is 24.8 Å². The van der Waals surface area contributed by atoms with Crippen LogP contribution in [0.3, 0.4) is 0 Å². The highest BCUT2D eigenvalue weighted by atomic mass is 16.5. The summed E-state index contributed by atoms with van der Waals surface area (Å²) in [6.45, 7) is 0.764. The molecule has 120 valence electrons. The number of rotatable bonds is 5. The summed E-state index contributed by atoms with van der Waals surface area (Å²) in [6.07, 6.45) is 1.43. The Morgan fingerprint density at radius 3 is 2.91 bits per heavy atom. The van der Waals surface area contributed by atoms with Crippen LogP contribution in [0.4, 0.5) is 16.2 Å². The average Bonchev–Trinajstić information content (AvgIpc) is 2.62. The highest BCUT2D eigenvalue weighted by Gasteiger charge is 2.25. The monoisotopic (exact) mass is 307 g/mol. The average molecular weight is 307 g/mol. The van der Waals surface area contributed by atoms with E-state index in [4.69, 9.17) is 15.6 Å². The number of benzene rings is 1. The molecule has 7 nitrogen and oxygen atoms in total. The molecular formula is C15H21N3O4. The first-order valence-electron chi connectivity index (χ1n) is 7.27. The zero-order chi connectivity index (χ0) is 16.1. The van der Waals surface area contributed by atoms with Gasteiger partial charge in [-0.1, -0.05) is 0 Å². The summed E-state index contributed by atoms with van der Waals surface area (Å²) in [4.78, 5) is 24.5. The Bertz CT molecular complexity index is 574.